The van der Waals surface area contributed by atoms with Crippen molar-refractivity contribution in [3.8, 4) is 0 Å². The van der Waals surface area contributed by atoms with Crippen LogP contribution in [0.15, 0.2) is 23.3 Å². The summed E-state index contributed by atoms with van der Waals surface area (Å²) >= 11 is 0. The molecule has 0 atom stereocenters. The van der Waals surface area contributed by atoms with E-state index in [0.29, 0.717) is 13.1 Å². The van der Waals surface area contributed by atoms with Crippen LogP contribution in [0.1, 0.15) is 20.8 Å². The fourth-order valence-corrected chi connectivity index (χ4v) is 1.35. The number of nitrogens with zero attached hydrogens (tertiary/aromatic N) is 2. The van der Waals surface area contributed by atoms with E-state index in [9.17, 15) is 14.9 Å². The van der Waals surface area contributed by atoms with Gasteiger partial charge in [-0.1, -0.05) is 0 Å². The third kappa shape index (κ3) is 4.36. The van der Waals surface area contributed by atoms with Gasteiger partial charge in [0, 0.05) is 30.9 Å². The molecule has 0 aliphatic carbocycles. The fraction of sp³-hybridized carbons (Fsp3) is 0.545. The van der Waals surface area contributed by atoms with E-state index in [2.05, 4.69) is 5.32 Å². The zero-order chi connectivity index (χ0) is 13.1. The van der Waals surface area contributed by atoms with Gasteiger partial charge < -0.3 is 9.88 Å². The molecule has 0 radical (unpaired) electrons. The average molecular weight is 239 g/mol. The van der Waals surface area contributed by atoms with Crippen LogP contribution in [0.5, 0.6) is 0 Å². The normalized spacial score (nSPS) is 11.5. The van der Waals surface area contributed by atoms with E-state index in [4.69, 9.17) is 0 Å². The van der Waals surface area contributed by atoms with E-state index in [1.54, 1.807) is 10.8 Å². The van der Waals surface area contributed by atoms with Gasteiger partial charge in [0.1, 0.15) is 0 Å². The quantitative estimate of drug-likeness (QED) is 0.631. The maximum Gasteiger partial charge on any atom is 0.332 e. The second kappa shape index (κ2) is 5.09. The molecule has 0 spiro atoms. The van der Waals surface area contributed by atoms with Gasteiger partial charge in [-0.15, -0.1) is 0 Å². The zero-order valence-corrected chi connectivity index (χ0v) is 10.3. The SMILES string of the molecule is CC(C)(C)NCCn1ccc(=O)c([N+](=O)[O-])c1. The molecular weight excluding hydrogens is 222 g/mol. The highest BCUT2D eigenvalue weighted by molar-refractivity contribution is 5.25. The number of aromatic nitrogens is 1. The Morgan fingerprint density at radius 1 is 1.47 bits per heavy atom. The summed E-state index contributed by atoms with van der Waals surface area (Å²) in [6.45, 7) is 7.39. The van der Waals surface area contributed by atoms with E-state index in [1.165, 1.54) is 12.3 Å². The molecule has 0 aliphatic heterocycles. The first kappa shape index (κ1) is 13.4. The Labute approximate surface area is 99.4 Å². The van der Waals surface area contributed by atoms with Crippen LogP contribution in [0, 0.1) is 10.1 Å². The Morgan fingerprint density at radius 2 is 2.12 bits per heavy atom. The summed E-state index contributed by atoms with van der Waals surface area (Å²) in [4.78, 5) is 21.1. The van der Waals surface area contributed by atoms with E-state index in [1.807, 2.05) is 20.8 Å². The topological polar surface area (TPSA) is 77.2 Å². The zero-order valence-electron chi connectivity index (χ0n) is 10.3. The van der Waals surface area contributed by atoms with Gasteiger partial charge in [0.05, 0.1) is 11.1 Å². The van der Waals surface area contributed by atoms with Gasteiger partial charge in [0.25, 0.3) is 5.43 Å². The maximum absolute atomic E-state index is 11.2. The third-order valence-electron chi connectivity index (χ3n) is 2.18. The Morgan fingerprint density at radius 3 is 2.65 bits per heavy atom. The first-order chi connectivity index (χ1) is 7.79. The second-order valence-electron chi connectivity index (χ2n) is 4.87. The van der Waals surface area contributed by atoms with Crippen molar-refractivity contribution in [3.05, 3.63) is 38.8 Å². The Hall–Kier alpha value is -1.69. The molecule has 1 rings (SSSR count). The van der Waals surface area contributed by atoms with Gasteiger partial charge in [0.15, 0.2) is 0 Å². The maximum atomic E-state index is 11.2. The van der Waals surface area contributed by atoms with E-state index < -0.39 is 10.4 Å². The molecule has 17 heavy (non-hydrogen) atoms. The minimum Gasteiger partial charge on any atom is -0.347 e. The Kier molecular flexibility index (Phi) is 4.01. The lowest BCUT2D eigenvalue weighted by Gasteiger charge is -2.20. The van der Waals surface area contributed by atoms with Crippen molar-refractivity contribution in [3.63, 3.8) is 0 Å². The van der Waals surface area contributed by atoms with Crippen molar-refractivity contribution in [1.82, 2.24) is 9.88 Å². The van der Waals surface area contributed by atoms with Crippen LogP contribution in [0.25, 0.3) is 0 Å². The van der Waals surface area contributed by atoms with Crippen LogP contribution in [0.2, 0.25) is 0 Å². The molecule has 1 aromatic rings. The van der Waals surface area contributed by atoms with Crippen molar-refractivity contribution < 1.29 is 4.92 Å². The summed E-state index contributed by atoms with van der Waals surface area (Å²) in [6, 6.07) is 1.22. The Bertz CT molecular complexity index is 460. The second-order valence-corrected chi connectivity index (χ2v) is 4.87. The molecule has 0 saturated heterocycles. The molecule has 6 nitrogen and oxygen atoms in total. The van der Waals surface area contributed by atoms with Gasteiger partial charge in [-0.2, -0.15) is 0 Å². The molecule has 1 heterocycles. The number of nitro groups is 1. The molecule has 1 aromatic heterocycles. The molecule has 0 fully saturated rings. The molecule has 0 aliphatic rings. The molecule has 0 bridgehead atoms. The smallest absolute Gasteiger partial charge is 0.332 e. The largest absolute Gasteiger partial charge is 0.347 e. The van der Waals surface area contributed by atoms with E-state index in [-0.39, 0.29) is 11.2 Å². The van der Waals surface area contributed by atoms with Gasteiger partial charge in [-0.25, -0.2) is 0 Å². The fourth-order valence-electron chi connectivity index (χ4n) is 1.35. The summed E-state index contributed by atoms with van der Waals surface area (Å²) in [7, 11) is 0. The lowest BCUT2D eigenvalue weighted by Crippen LogP contribution is -2.37. The van der Waals surface area contributed by atoms with Gasteiger partial charge in [-0.3, -0.25) is 14.9 Å². The number of hydrogen-bond donors (Lipinski definition) is 1. The number of rotatable bonds is 4. The highest BCUT2D eigenvalue weighted by atomic mass is 16.6. The molecule has 6 heteroatoms. The van der Waals surface area contributed by atoms with Crippen LogP contribution in [0.3, 0.4) is 0 Å². The molecule has 1 N–H and O–H groups in total. The third-order valence-corrected chi connectivity index (χ3v) is 2.18. The van der Waals surface area contributed by atoms with Crippen molar-refractivity contribution in [2.24, 2.45) is 0 Å². The molecule has 94 valence electrons. The van der Waals surface area contributed by atoms with Crippen LogP contribution in [-0.4, -0.2) is 21.6 Å². The molecule has 0 aromatic carbocycles. The molecule has 0 unspecified atom stereocenters. The highest BCUT2D eigenvalue weighted by Gasteiger charge is 2.12. The summed E-state index contributed by atoms with van der Waals surface area (Å²) in [5.74, 6) is 0. The van der Waals surface area contributed by atoms with Crippen LogP contribution < -0.4 is 10.7 Å². The summed E-state index contributed by atoms with van der Waals surface area (Å²) in [5.41, 5.74) is -0.941. The van der Waals surface area contributed by atoms with Crippen molar-refractivity contribution in [2.75, 3.05) is 6.54 Å². The monoisotopic (exact) mass is 239 g/mol. The minimum atomic E-state index is -0.657. The summed E-state index contributed by atoms with van der Waals surface area (Å²) in [5, 5.41) is 13.8. The number of nitrogens with one attached hydrogen (secondary N) is 1. The number of pyridine rings is 1. The molecule has 0 amide bonds. The standard InChI is InChI=1S/C11H17N3O3/c1-11(2,3)12-5-7-13-6-4-10(15)9(8-13)14(16)17/h4,6,8,12H,5,7H2,1-3H3. The molecular formula is C11H17N3O3. The predicted molar refractivity (Wildman–Crippen MR) is 65.1 cm³/mol. The van der Waals surface area contributed by atoms with Crippen molar-refractivity contribution in [2.45, 2.75) is 32.9 Å². The van der Waals surface area contributed by atoms with Crippen LogP contribution >= 0.6 is 0 Å². The van der Waals surface area contributed by atoms with Crippen LogP contribution in [0.4, 0.5) is 5.69 Å². The summed E-state index contributed by atoms with van der Waals surface area (Å²) < 4.78 is 1.64. The first-order valence-electron chi connectivity index (χ1n) is 5.39. The lowest BCUT2D eigenvalue weighted by molar-refractivity contribution is -0.386. The first-order valence-corrected chi connectivity index (χ1v) is 5.39. The van der Waals surface area contributed by atoms with Gasteiger partial charge >= 0.3 is 5.69 Å². The van der Waals surface area contributed by atoms with Crippen molar-refractivity contribution >= 4 is 5.69 Å². The minimum absolute atomic E-state index is 0.00493. The van der Waals surface area contributed by atoms with Gasteiger partial charge in [0.2, 0.25) is 0 Å². The average Bonchev–Trinajstić information content (AvgIpc) is 2.18. The predicted octanol–water partition coefficient (Wildman–Crippen LogP) is 1.14. The molecule has 0 saturated carbocycles. The van der Waals surface area contributed by atoms with E-state index >= 15 is 0 Å². The number of hydrogen-bond acceptors (Lipinski definition) is 4. The van der Waals surface area contributed by atoms with Crippen molar-refractivity contribution in [1.29, 1.82) is 0 Å². The Balaban J connectivity index is 2.70. The summed E-state index contributed by atoms with van der Waals surface area (Å²) in [6.07, 6.45) is 2.83. The van der Waals surface area contributed by atoms with Gasteiger partial charge in [-0.05, 0) is 20.8 Å². The highest BCUT2D eigenvalue weighted by Crippen LogP contribution is 2.03. The van der Waals surface area contributed by atoms with E-state index in [0.717, 1.165) is 0 Å². The van der Waals surface area contributed by atoms with Crippen LogP contribution in [-0.2, 0) is 6.54 Å². The lowest BCUT2D eigenvalue weighted by atomic mass is 10.1.